The summed E-state index contributed by atoms with van der Waals surface area (Å²) in [6.45, 7) is 3.63. The SMILES string of the molecule is CCCC1(CNC2CC3CCC(C2)N3C)CC1. The normalized spacial score (nSPS) is 39.5. The lowest BCUT2D eigenvalue weighted by Gasteiger charge is -2.37. The largest absolute Gasteiger partial charge is 0.313 e. The molecule has 0 aromatic heterocycles. The van der Waals surface area contributed by atoms with Gasteiger partial charge in [0.1, 0.15) is 0 Å². The number of piperidine rings is 1. The maximum atomic E-state index is 3.90. The molecule has 2 heterocycles. The molecule has 3 rings (SSSR count). The molecule has 0 spiro atoms. The smallest absolute Gasteiger partial charge is 0.0111 e. The van der Waals surface area contributed by atoms with Crippen LogP contribution in [0, 0.1) is 5.41 Å². The third kappa shape index (κ3) is 2.39. The third-order valence-corrected chi connectivity index (χ3v) is 5.60. The molecule has 0 amide bonds. The number of hydrogen-bond acceptors (Lipinski definition) is 2. The predicted octanol–water partition coefficient (Wildman–Crippen LogP) is 2.78. The van der Waals surface area contributed by atoms with Crippen molar-refractivity contribution in [2.75, 3.05) is 13.6 Å². The van der Waals surface area contributed by atoms with Gasteiger partial charge in [-0.1, -0.05) is 13.3 Å². The van der Waals surface area contributed by atoms with Crippen LogP contribution < -0.4 is 5.32 Å². The zero-order valence-electron chi connectivity index (χ0n) is 11.5. The van der Waals surface area contributed by atoms with E-state index in [1.165, 1.54) is 57.9 Å². The van der Waals surface area contributed by atoms with Crippen molar-refractivity contribution in [2.45, 2.75) is 76.4 Å². The van der Waals surface area contributed by atoms with Gasteiger partial charge in [-0.15, -0.1) is 0 Å². The first-order valence-electron chi connectivity index (χ1n) is 7.68. The van der Waals surface area contributed by atoms with Crippen molar-refractivity contribution in [3.05, 3.63) is 0 Å². The Labute approximate surface area is 106 Å². The summed E-state index contributed by atoms with van der Waals surface area (Å²) < 4.78 is 0. The Balaban J connectivity index is 1.48. The van der Waals surface area contributed by atoms with Crippen molar-refractivity contribution in [1.29, 1.82) is 0 Å². The van der Waals surface area contributed by atoms with Gasteiger partial charge in [0.25, 0.3) is 0 Å². The van der Waals surface area contributed by atoms with Crippen LogP contribution in [-0.4, -0.2) is 36.6 Å². The van der Waals surface area contributed by atoms with Gasteiger partial charge in [-0.25, -0.2) is 0 Å². The zero-order valence-corrected chi connectivity index (χ0v) is 11.5. The minimum Gasteiger partial charge on any atom is -0.313 e. The molecule has 2 bridgehead atoms. The second-order valence-corrected chi connectivity index (χ2v) is 6.85. The number of fused-ring (bicyclic) bond motifs is 2. The average molecular weight is 236 g/mol. The van der Waals surface area contributed by atoms with Crippen LogP contribution in [0.1, 0.15) is 58.3 Å². The van der Waals surface area contributed by atoms with Gasteiger partial charge in [0.2, 0.25) is 0 Å². The quantitative estimate of drug-likeness (QED) is 0.789. The molecule has 2 heteroatoms. The molecule has 0 aromatic carbocycles. The summed E-state index contributed by atoms with van der Waals surface area (Å²) in [5.41, 5.74) is 0.719. The fourth-order valence-electron chi connectivity index (χ4n) is 4.16. The van der Waals surface area contributed by atoms with Crippen LogP contribution in [-0.2, 0) is 0 Å². The van der Waals surface area contributed by atoms with Crippen molar-refractivity contribution in [3.8, 4) is 0 Å². The maximum absolute atomic E-state index is 3.90. The number of nitrogens with zero attached hydrogens (tertiary/aromatic N) is 1. The lowest BCUT2D eigenvalue weighted by atomic mass is 9.95. The van der Waals surface area contributed by atoms with E-state index in [2.05, 4.69) is 24.2 Å². The molecule has 2 aliphatic heterocycles. The van der Waals surface area contributed by atoms with E-state index in [0.717, 1.165) is 23.5 Å². The van der Waals surface area contributed by atoms with Crippen molar-refractivity contribution in [3.63, 3.8) is 0 Å². The van der Waals surface area contributed by atoms with Crippen molar-refractivity contribution >= 4 is 0 Å². The van der Waals surface area contributed by atoms with Gasteiger partial charge in [-0.3, -0.25) is 0 Å². The molecule has 3 aliphatic rings. The monoisotopic (exact) mass is 236 g/mol. The minimum absolute atomic E-state index is 0.719. The van der Waals surface area contributed by atoms with E-state index in [4.69, 9.17) is 0 Å². The zero-order chi connectivity index (χ0) is 11.9. The maximum Gasteiger partial charge on any atom is 0.0111 e. The predicted molar refractivity (Wildman–Crippen MR) is 72.2 cm³/mol. The average Bonchev–Trinajstić information content (AvgIpc) is 3.04. The van der Waals surface area contributed by atoms with Crippen molar-refractivity contribution in [2.24, 2.45) is 5.41 Å². The second kappa shape index (κ2) is 4.55. The van der Waals surface area contributed by atoms with E-state index in [-0.39, 0.29) is 0 Å². The number of rotatable bonds is 5. The van der Waals surface area contributed by atoms with Crippen molar-refractivity contribution < 1.29 is 0 Å². The minimum atomic E-state index is 0.719. The highest BCUT2D eigenvalue weighted by Crippen LogP contribution is 2.49. The van der Waals surface area contributed by atoms with E-state index in [1.807, 2.05) is 0 Å². The van der Waals surface area contributed by atoms with Crippen LogP contribution in [0.3, 0.4) is 0 Å². The van der Waals surface area contributed by atoms with Gasteiger partial charge < -0.3 is 10.2 Å². The molecule has 0 aromatic rings. The molecule has 2 saturated heterocycles. The second-order valence-electron chi connectivity index (χ2n) is 6.85. The molecule has 3 fully saturated rings. The first-order chi connectivity index (χ1) is 8.22. The van der Waals surface area contributed by atoms with Gasteiger partial charge in [0.15, 0.2) is 0 Å². The molecule has 2 unspecified atom stereocenters. The Bertz CT molecular complexity index is 258. The van der Waals surface area contributed by atoms with Crippen molar-refractivity contribution in [1.82, 2.24) is 10.2 Å². The van der Waals surface area contributed by atoms with Gasteiger partial charge in [-0.2, -0.15) is 0 Å². The first-order valence-corrected chi connectivity index (χ1v) is 7.68. The number of nitrogens with one attached hydrogen (secondary N) is 1. The molecular formula is C15H28N2. The fourth-order valence-corrected chi connectivity index (χ4v) is 4.16. The van der Waals surface area contributed by atoms with E-state index < -0.39 is 0 Å². The summed E-state index contributed by atoms with van der Waals surface area (Å²) in [6, 6.07) is 2.58. The Hall–Kier alpha value is -0.0800. The van der Waals surface area contributed by atoms with E-state index in [9.17, 15) is 0 Å². The Morgan fingerprint density at radius 3 is 2.35 bits per heavy atom. The molecule has 2 nitrogen and oxygen atoms in total. The highest BCUT2D eigenvalue weighted by molar-refractivity contribution is 4.99. The highest BCUT2D eigenvalue weighted by atomic mass is 15.2. The topological polar surface area (TPSA) is 15.3 Å². The Morgan fingerprint density at radius 2 is 1.82 bits per heavy atom. The Morgan fingerprint density at radius 1 is 1.18 bits per heavy atom. The summed E-state index contributed by atoms with van der Waals surface area (Å²) in [4.78, 5) is 2.64. The lowest BCUT2D eigenvalue weighted by Crippen LogP contribution is -2.48. The molecule has 1 N–H and O–H groups in total. The standard InChI is InChI=1S/C15H28N2/c1-3-6-15(7-8-15)11-16-12-9-13-4-5-14(10-12)17(13)2/h12-14,16H,3-11H2,1-2H3. The highest BCUT2D eigenvalue weighted by Gasteiger charge is 2.43. The molecule has 1 saturated carbocycles. The van der Waals surface area contributed by atoms with Crippen LogP contribution in [0.25, 0.3) is 0 Å². The lowest BCUT2D eigenvalue weighted by molar-refractivity contribution is 0.145. The van der Waals surface area contributed by atoms with Crippen LogP contribution in [0.15, 0.2) is 0 Å². The van der Waals surface area contributed by atoms with E-state index in [0.29, 0.717) is 0 Å². The Kier molecular flexibility index (Phi) is 3.20. The van der Waals surface area contributed by atoms with Gasteiger partial charge in [-0.05, 0) is 57.4 Å². The first kappa shape index (κ1) is 12.0. The van der Waals surface area contributed by atoms with Crippen LogP contribution >= 0.6 is 0 Å². The molecule has 2 atom stereocenters. The summed E-state index contributed by atoms with van der Waals surface area (Å²) in [7, 11) is 2.33. The summed E-state index contributed by atoms with van der Waals surface area (Å²) in [6.07, 6.45) is 11.4. The van der Waals surface area contributed by atoms with Crippen LogP contribution in [0.5, 0.6) is 0 Å². The molecule has 98 valence electrons. The molecule has 1 aliphatic carbocycles. The van der Waals surface area contributed by atoms with Gasteiger partial charge in [0, 0.05) is 24.7 Å². The summed E-state index contributed by atoms with van der Waals surface area (Å²) in [5, 5.41) is 3.90. The number of hydrogen-bond donors (Lipinski definition) is 1. The molecular weight excluding hydrogens is 208 g/mol. The summed E-state index contributed by atoms with van der Waals surface area (Å²) >= 11 is 0. The summed E-state index contributed by atoms with van der Waals surface area (Å²) in [5.74, 6) is 0. The molecule has 17 heavy (non-hydrogen) atoms. The third-order valence-electron chi connectivity index (χ3n) is 5.60. The van der Waals surface area contributed by atoms with E-state index >= 15 is 0 Å². The van der Waals surface area contributed by atoms with Crippen LogP contribution in [0.2, 0.25) is 0 Å². The van der Waals surface area contributed by atoms with Gasteiger partial charge >= 0.3 is 0 Å². The van der Waals surface area contributed by atoms with Crippen LogP contribution in [0.4, 0.5) is 0 Å². The van der Waals surface area contributed by atoms with Gasteiger partial charge in [0.05, 0.1) is 0 Å². The molecule has 0 radical (unpaired) electrons. The van der Waals surface area contributed by atoms with E-state index in [1.54, 1.807) is 0 Å². The fraction of sp³-hybridized carbons (Fsp3) is 1.00.